The molecule has 2 aliphatic heterocycles. The number of benzene rings is 2. The highest BCUT2D eigenvalue weighted by atomic mass is 32.2. The van der Waals surface area contributed by atoms with E-state index in [4.69, 9.17) is 5.11 Å². The summed E-state index contributed by atoms with van der Waals surface area (Å²) < 4.78 is 41.3. The fourth-order valence-corrected chi connectivity index (χ4v) is 3.99. The van der Waals surface area contributed by atoms with Crippen molar-refractivity contribution in [2.24, 2.45) is 10.1 Å². The fourth-order valence-electron chi connectivity index (χ4n) is 3.10. The molecule has 1 atom stereocenters. The summed E-state index contributed by atoms with van der Waals surface area (Å²) >= 11 is 0.402. The smallest absolute Gasteiger partial charge is 0.438 e. The lowest BCUT2D eigenvalue weighted by Crippen LogP contribution is -2.56. The number of amides is 1. The van der Waals surface area contributed by atoms with Gasteiger partial charge in [-0.25, -0.2) is 4.79 Å². The number of aliphatic carboxylic acids is 1. The molecule has 1 amide bonds. The molecule has 30 heavy (non-hydrogen) atoms. The summed E-state index contributed by atoms with van der Waals surface area (Å²) in [4.78, 5) is 25.7. The molecule has 154 valence electrons. The van der Waals surface area contributed by atoms with E-state index in [0.717, 1.165) is 10.8 Å². The average Bonchev–Trinajstić information content (AvgIpc) is 3.21. The molecule has 0 bridgehead atoms. The minimum Gasteiger partial charge on any atom is -0.478 e. The van der Waals surface area contributed by atoms with Crippen LogP contribution in [-0.2, 0) is 9.59 Å². The van der Waals surface area contributed by atoms with Crippen molar-refractivity contribution in [3.63, 3.8) is 0 Å². The lowest BCUT2D eigenvalue weighted by atomic mass is 9.98. The van der Waals surface area contributed by atoms with Gasteiger partial charge in [0, 0.05) is 6.08 Å². The Hall–Kier alpha value is -3.18. The van der Waals surface area contributed by atoms with E-state index in [-0.39, 0.29) is 15.6 Å². The van der Waals surface area contributed by atoms with Crippen LogP contribution in [0, 0.1) is 0 Å². The minimum atomic E-state index is -5.12. The maximum absolute atomic E-state index is 13.8. The number of fused-ring (bicyclic) bond motifs is 1. The van der Waals surface area contributed by atoms with Crippen molar-refractivity contribution < 1.29 is 33.0 Å². The van der Waals surface area contributed by atoms with Gasteiger partial charge in [-0.1, -0.05) is 36.4 Å². The number of rotatable bonds is 2. The number of carboxylic acids is 1. The topological polar surface area (TPSA) is 103 Å². The Kier molecular flexibility index (Phi) is 4.66. The van der Waals surface area contributed by atoms with Gasteiger partial charge in [-0.2, -0.15) is 28.3 Å². The summed E-state index contributed by atoms with van der Waals surface area (Å²) in [5.41, 5.74) is -3.11. The number of alkyl halides is 3. The predicted molar refractivity (Wildman–Crippen MR) is 104 cm³/mol. The van der Waals surface area contributed by atoms with E-state index in [1.165, 1.54) is 0 Å². The van der Waals surface area contributed by atoms with Gasteiger partial charge >= 0.3 is 12.1 Å². The molecule has 4 rings (SSSR count). The van der Waals surface area contributed by atoms with Gasteiger partial charge in [0.15, 0.2) is 5.17 Å². The molecule has 0 radical (unpaired) electrons. The van der Waals surface area contributed by atoms with Gasteiger partial charge < -0.3 is 10.2 Å². The Balaban J connectivity index is 1.76. The number of hydrogen-bond acceptors (Lipinski definition) is 6. The van der Waals surface area contributed by atoms with Crippen LogP contribution < -0.4 is 0 Å². The monoisotopic (exact) mass is 435 g/mol. The molecule has 0 saturated carbocycles. The summed E-state index contributed by atoms with van der Waals surface area (Å²) in [6, 6.07) is 12.2. The van der Waals surface area contributed by atoms with Gasteiger partial charge in [0.05, 0.1) is 17.0 Å². The number of amidine groups is 1. The number of hydrogen-bond donors (Lipinski definition) is 2. The number of nitrogens with zero attached hydrogens (tertiary/aromatic N) is 3. The first kappa shape index (κ1) is 20.1. The lowest BCUT2D eigenvalue weighted by molar-refractivity contribution is -0.294. The number of aliphatic hydroxyl groups is 1. The average molecular weight is 435 g/mol. The molecule has 0 fully saturated rings. The highest BCUT2D eigenvalue weighted by Gasteiger charge is 2.63. The highest BCUT2D eigenvalue weighted by molar-refractivity contribution is 8.18. The second-order valence-electron chi connectivity index (χ2n) is 6.56. The summed E-state index contributed by atoms with van der Waals surface area (Å²) in [7, 11) is 0. The third-order valence-electron chi connectivity index (χ3n) is 4.57. The second kappa shape index (κ2) is 6.96. The van der Waals surface area contributed by atoms with E-state index in [2.05, 4.69) is 10.1 Å². The van der Waals surface area contributed by atoms with Gasteiger partial charge in [0.1, 0.15) is 0 Å². The molecule has 0 spiro atoms. The molecular formula is C19H12F3N3O4S. The van der Waals surface area contributed by atoms with Gasteiger partial charge in [-0.3, -0.25) is 4.79 Å². The van der Waals surface area contributed by atoms with Crippen molar-refractivity contribution in [2.45, 2.75) is 18.3 Å². The van der Waals surface area contributed by atoms with Crippen LogP contribution in [0.4, 0.5) is 13.2 Å². The van der Waals surface area contributed by atoms with Crippen molar-refractivity contribution >= 4 is 45.3 Å². The van der Waals surface area contributed by atoms with E-state index < -0.39 is 35.4 Å². The fraction of sp³-hybridized carbons (Fsp3) is 0.158. The number of carbonyl (C=O) groups excluding carboxylic acids is 1. The standard InChI is InChI=1S/C19H12F3N3O4S/c20-19(21,22)18(29)9-13(12-6-5-10-3-1-2-4-11(10)7-12)24-25(18)17-23-16(28)14(30-17)8-15(26)27/h1-8,29H,9H2,(H,26,27). The van der Waals surface area contributed by atoms with Crippen molar-refractivity contribution in [3.8, 4) is 0 Å². The van der Waals surface area contributed by atoms with Crippen molar-refractivity contribution in [1.82, 2.24) is 5.01 Å². The zero-order chi connectivity index (χ0) is 21.7. The van der Waals surface area contributed by atoms with E-state index in [1.54, 1.807) is 30.3 Å². The van der Waals surface area contributed by atoms with Crippen molar-refractivity contribution in [1.29, 1.82) is 0 Å². The number of hydrazone groups is 1. The number of aliphatic imine (C=N–C) groups is 1. The molecule has 0 aliphatic carbocycles. The first-order valence-electron chi connectivity index (χ1n) is 8.50. The van der Waals surface area contributed by atoms with E-state index in [0.29, 0.717) is 23.4 Å². The number of carbonyl (C=O) groups is 2. The molecule has 2 aromatic rings. The first-order valence-corrected chi connectivity index (χ1v) is 9.32. The van der Waals surface area contributed by atoms with Crippen molar-refractivity contribution in [2.75, 3.05) is 0 Å². The number of thioether (sulfide) groups is 1. The predicted octanol–water partition coefficient (Wildman–Crippen LogP) is 3.10. The van der Waals surface area contributed by atoms with Gasteiger partial charge in [0.2, 0.25) is 0 Å². The van der Waals surface area contributed by atoms with Crippen LogP contribution in [0.3, 0.4) is 0 Å². The zero-order valence-corrected chi connectivity index (χ0v) is 15.7. The molecule has 2 N–H and O–H groups in total. The number of halogens is 3. The Morgan fingerprint density at radius 1 is 1.20 bits per heavy atom. The molecular weight excluding hydrogens is 423 g/mol. The largest absolute Gasteiger partial charge is 0.478 e. The third-order valence-corrected chi connectivity index (χ3v) is 5.53. The van der Waals surface area contributed by atoms with E-state index in [1.807, 2.05) is 12.1 Å². The van der Waals surface area contributed by atoms with Crippen LogP contribution in [0.1, 0.15) is 12.0 Å². The molecule has 0 saturated heterocycles. The molecule has 2 aromatic carbocycles. The Bertz CT molecular complexity index is 1180. The quantitative estimate of drug-likeness (QED) is 0.703. The zero-order valence-electron chi connectivity index (χ0n) is 14.9. The molecule has 2 aliphatic rings. The second-order valence-corrected chi connectivity index (χ2v) is 7.57. The van der Waals surface area contributed by atoms with Crippen LogP contribution in [0.5, 0.6) is 0 Å². The summed E-state index contributed by atoms with van der Waals surface area (Å²) in [6.45, 7) is 0. The Morgan fingerprint density at radius 2 is 1.90 bits per heavy atom. The summed E-state index contributed by atoms with van der Waals surface area (Å²) in [5, 5.41) is 24.5. The molecule has 2 heterocycles. The lowest BCUT2D eigenvalue weighted by Gasteiger charge is -2.33. The van der Waals surface area contributed by atoms with Gasteiger partial charge in [-0.15, -0.1) is 0 Å². The van der Waals surface area contributed by atoms with Gasteiger partial charge in [-0.05, 0) is 34.2 Å². The Labute approximate surface area is 171 Å². The van der Waals surface area contributed by atoms with Crippen LogP contribution in [-0.4, -0.2) is 49.9 Å². The molecule has 1 unspecified atom stereocenters. The summed E-state index contributed by atoms with van der Waals surface area (Å²) in [5.74, 6) is -2.47. The van der Waals surface area contributed by atoms with E-state index in [9.17, 15) is 27.9 Å². The SMILES string of the molecule is O=C(O)C=C1SC(N2N=C(c3ccc4ccccc4c3)CC2(O)C(F)(F)F)=NC1=O. The molecule has 7 nitrogen and oxygen atoms in total. The Morgan fingerprint density at radius 3 is 2.57 bits per heavy atom. The summed E-state index contributed by atoms with van der Waals surface area (Å²) in [6.07, 6.45) is -5.47. The van der Waals surface area contributed by atoms with Crippen molar-refractivity contribution in [3.05, 3.63) is 59.0 Å². The number of carboxylic acid groups (broad SMARTS) is 1. The highest BCUT2D eigenvalue weighted by Crippen LogP contribution is 2.44. The van der Waals surface area contributed by atoms with Crippen LogP contribution in [0.15, 0.2) is 63.5 Å². The molecule has 11 heteroatoms. The van der Waals surface area contributed by atoms with Crippen LogP contribution >= 0.6 is 11.8 Å². The maximum Gasteiger partial charge on any atom is 0.438 e. The van der Waals surface area contributed by atoms with Gasteiger partial charge in [0.25, 0.3) is 11.6 Å². The van der Waals surface area contributed by atoms with Crippen LogP contribution in [0.25, 0.3) is 10.8 Å². The normalized spacial score (nSPS) is 23.3. The third kappa shape index (κ3) is 3.35. The van der Waals surface area contributed by atoms with Crippen LogP contribution in [0.2, 0.25) is 0 Å². The minimum absolute atomic E-state index is 0.0491. The molecule has 0 aromatic heterocycles. The van der Waals surface area contributed by atoms with E-state index >= 15 is 0 Å². The maximum atomic E-state index is 13.8. The first-order chi connectivity index (χ1) is 14.1.